The molecule has 4 heterocycles. The summed E-state index contributed by atoms with van der Waals surface area (Å²) in [6, 6.07) is 2.01. The zero-order valence-corrected chi connectivity index (χ0v) is 19.1. The molecule has 0 spiro atoms. The fourth-order valence-electron chi connectivity index (χ4n) is 3.24. The van der Waals surface area contributed by atoms with Crippen LogP contribution in [0.1, 0.15) is 36.0 Å². The standard InChI is InChI=1S/C20H23ClN6O3S/c1-4-30-17(28)12-10-22-19(23-11-12)26-20(2,3)14-9-13-15(31-14)16(25-18(21)24-13)27-5-7-29-8-6-27/h9-11H,4-8H2,1-3H3,(H,22,23,26). The summed E-state index contributed by atoms with van der Waals surface area (Å²) in [4.78, 5) is 32.4. The number of aromatic nitrogens is 4. The molecule has 0 unspecified atom stereocenters. The SMILES string of the molecule is CCOC(=O)c1cnc(NC(C)(C)c2cc3nc(Cl)nc(N4CCOCC4)c3s2)nc1. The molecule has 0 amide bonds. The first-order chi connectivity index (χ1) is 14.9. The van der Waals surface area contributed by atoms with E-state index in [1.807, 2.05) is 19.9 Å². The van der Waals surface area contributed by atoms with Crippen molar-refractivity contribution in [2.24, 2.45) is 0 Å². The number of anilines is 2. The van der Waals surface area contributed by atoms with Crippen molar-refractivity contribution in [3.8, 4) is 0 Å². The molecule has 1 aliphatic rings. The normalized spacial score (nSPS) is 14.6. The Morgan fingerprint density at radius 3 is 2.68 bits per heavy atom. The molecule has 1 aliphatic heterocycles. The summed E-state index contributed by atoms with van der Waals surface area (Å²) >= 11 is 7.82. The second kappa shape index (κ2) is 8.89. The first-order valence-corrected chi connectivity index (χ1v) is 11.1. The first-order valence-electron chi connectivity index (χ1n) is 9.95. The van der Waals surface area contributed by atoms with Gasteiger partial charge in [0.15, 0.2) is 5.82 Å². The minimum atomic E-state index is -0.494. The van der Waals surface area contributed by atoms with Crippen LogP contribution >= 0.6 is 22.9 Å². The van der Waals surface area contributed by atoms with Crippen LogP contribution in [-0.4, -0.2) is 58.8 Å². The van der Waals surface area contributed by atoms with Crippen LogP contribution in [0.3, 0.4) is 0 Å². The number of ether oxygens (including phenoxy) is 2. The summed E-state index contributed by atoms with van der Waals surface area (Å²) in [5, 5.41) is 3.55. The molecule has 1 saturated heterocycles. The molecule has 0 bridgehead atoms. The molecule has 3 aromatic heterocycles. The lowest BCUT2D eigenvalue weighted by molar-refractivity contribution is 0.0525. The highest BCUT2D eigenvalue weighted by Crippen LogP contribution is 2.38. The van der Waals surface area contributed by atoms with Gasteiger partial charge in [0, 0.05) is 30.4 Å². The molecule has 4 rings (SSSR count). The van der Waals surface area contributed by atoms with E-state index in [9.17, 15) is 4.79 Å². The van der Waals surface area contributed by atoms with E-state index in [1.165, 1.54) is 12.4 Å². The van der Waals surface area contributed by atoms with E-state index in [0.29, 0.717) is 31.3 Å². The quantitative estimate of drug-likeness (QED) is 0.435. The van der Waals surface area contributed by atoms with Crippen molar-refractivity contribution in [1.29, 1.82) is 0 Å². The third kappa shape index (κ3) is 4.70. The summed E-state index contributed by atoms with van der Waals surface area (Å²) in [5.74, 6) is 0.803. The predicted molar refractivity (Wildman–Crippen MR) is 120 cm³/mol. The molecule has 0 saturated carbocycles. The van der Waals surface area contributed by atoms with Crippen LogP contribution < -0.4 is 10.2 Å². The predicted octanol–water partition coefficient (Wildman–Crippen LogP) is 3.50. The van der Waals surface area contributed by atoms with Gasteiger partial charge in [0.2, 0.25) is 11.2 Å². The Bertz CT molecular complexity index is 1080. The second-order valence-corrected chi connectivity index (χ2v) is 8.90. The Hall–Kier alpha value is -2.56. The highest BCUT2D eigenvalue weighted by atomic mass is 35.5. The summed E-state index contributed by atoms with van der Waals surface area (Å²) in [6.45, 7) is 8.96. The Labute approximate surface area is 188 Å². The van der Waals surface area contributed by atoms with Crippen LogP contribution in [0.25, 0.3) is 10.2 Å². The van der Waals surface area contributed by atoms with E-state index in [1.54, 1.807) is 18.3 Å². The molecule has 11 heteroatoms. The van der Waals surface area contributed by atoms with Gasteiger partial charge in [0.05, 0.1) is 41.1 Å². The van der Waals surface area contributed by atoms with Crippen molar-refractivity contribution in [2.75, 3.05) is 43.1 Å². The van der Waals surface area contributed by atoms with Crippen LogP contribution in [-0.2, 0) is 15.0 Å². The lowest BCUT2D eigenvalue weighted by atomic mass is 10.0. The van der Waals surface area contributed by atoms with Gasteiger partial charge < -0.3 is 19.7 Å². The highest BCUT2D eigenvalue weighted by Gasteiger charge is 2.27. The number of fused-ring (bicyclic) bond motifs is 1. The molecular formula is C20H23ClN6O3S. The summed E-state index contributed by atoms with van der Waals surface area (Å²) in [7, 11) is 0. The largest absolute Gasteiger partial charge is 0.462 e. The van der Waals surface area contributed by atoms with Gasteiger partial charge in [0.1, 0.15) is 0 Å². The van der Waals surface area contributed by atoms with Gasteiger partial charge in [-0.15, -0.1) is 11.3 Å². The minimum absolute atomic E-state index is 0.224. The van der Waals surface area contributed by atoms with E-state index >= 15 is 0 Å². The van der Waals surface area contributed by atoms with Crippen molar-refractivity contribution in [2.45, 2.75) is 26.3 Å². The summed E-state index contributed by atoms with van der Waals surface area (Å²) in [6.07, 6.45) is 2.91. The van der Waals surface area contributed by atoms with Gasteiger partial charge in [-0.05, 0) is 38.4 Å². The van der Waals surface area contributed by atoms with E-state index < -0.39 is 11.5 Å². The maximum Gasteiger partial charge on any atom is 0.341 e. The van der Waals surface area contributed by atoms with Gasteiger partial charge in [-0.1, -0.05) is 0 Å². The fraction of sp³-hybridized carbons (Fsp3) is 0.450. The zero-order chi connectivity index (χ0) is 22.0. The third-order valence-electron chi connectivity index (χ3n) is 4.84. The Kier molecular flexibility index (Phi) is 6.22. The Morgan fingerprint density at radius 1 is 1.29 bits per heavy atom. The van der Waals surface area contributed by atoms with E-state index in [4.69, 9.17) is 21.1 Å². The number of carbonyl (C=O) groups excluding carboxylic acids is 1. The highest BCUT2D eigenvalue weighted by molar-refractivity contribution is 7.19. The molecular weight excluding hydrogens is 440 g/mol. The van der Waals surface area contributed by atoms with E-state index in [2.05, 4.69) is 30.2 Å². The van der Waals surface area contributed by atoms with Crippen molar-refractivity contribution < 1.29 is 14.3 Å². The molecule has 1 N–H and O–H groups in total. The van der Waals surface area contributed by atoms with Gasteiger partial charge in [-0.2, -0.15) is 4.98 Å². The van der Waals surface area contributed by atoms with Gasteiger partial charge >= 0.3 is 5.97 Å². The molecule has 0 aliphatic carbocycles. The second-order valence-electron chi connectivity index (χ2n) is 7.51. The number of carbonyl (C=O) groups is 1. The fourth-order valence-corrected chi connectivity index (χ4v) is 4.58. The Morgan fingerprint density at radius 2 is 2.00 bits per heavy atom. The maximum atomic E-state index is 11.8. The van der Waals surface area contributed by atoms with Crippen molar-refractivity contribution in [1.82, 2.24) is 19.9 Å². The molecule has 31 heavy (non-hydrogen) atoms. The van der Waals surface area contributed by atoms with E-state index in [-0.39, 0.29) is 5.28 Å². The van der Waals surface area contributed by atoms with Crippen LogP contribution in [0, 0.1) is 0 Å². The molecule has 1 fully saturated rings. The average molecular weight is 463 g/mol. The average Bonchev–Trinajstić information content (AvgIpc) is 3.19. The number of hydrogen-bond donors (Lipinski definition) is 1. The molecule has 0 atom stereocenters. The van der Waals surface area contributed by atoms with Crippen molar-refractivity contribution in [3.63, 3.8) is 0 Å². The Balaban J connectivity index is 1.60. The van der Waals surface area contributed by atoms with Crippen molar-refractivity contribution in [3.05, 3.63) is 34.2 Å². The van der Waals surface area contributed by atoms with Crippen LogP contribution in [0.15, 0.2) is 18.5 Å². The molecule has 3 aromatic rings. The van der Waals surface area contributed by atoms with Crippen LogP contribution in [0.2, 0.25) is 5.28 Å². The smallest absolute Gasteiger partial charge is 0.341 e. The molecule has 0 aromatic carbocycles. The number of esters is 1. The maximum absolute atomic E-state index is 11.8. The van der Waals surface area contributed by atoms with Gasteiger partial charge in [-0.25, -0.2) is 19.7 Å². The number of nitrogens with zero attached hydrogens (tertiary/aromatic N) is 5. The lowest BCUT2D eigenvalue weighted by Crippen LogP contribution is -2.36. The summed E-state index contributed by atoms with van der Waals surface area (Å²) < 4.78 is 11.4. The molecule has 164 valence electrons. The van der Waals surface area contributed by atoms with Gasteiger partial charge in [0.25, 0.3) is 0 Å². The minimum Gasteiger partial charge on any atom is -0.462 e. The number of morpholine rings is 1. The van der Waals surface area contributed by atoms with Crippen LogP contribution in [0.5, 0.6) is 0 Å². The molecule has 9 nitrogen and oxygen atoms in total. The molecule has 0 radical (unpaired) electrons. The monoisotopic (exact) mass is 462 g/mol. The lowest BCUT2D eigenvalue weighted by Gasteiger charge is -2.28. The zero-order valence-electron chi connectivity index (χ0n) is 17.5. The summed E-state index contributed by atoms with van der Waals surface area (Å²) in [5.41, 5.74) is 0.619. The number of halogens is 1. The topological polar surface area (TPSA) is 102 Å². The first kappa shape index (κ1) is 21.7. The number of nitrogens with one attached hydrogen (secondary N) is 1. The number of thiophene rings is 1. The van der Waals surface area contributed by atoms with Crippen LogP contribution in [0.4, 0.5) is 11.8 Å². The van der Waals surface area contributed by atoms with Gasteiger partial charge in [-0.3, -0.25) is 0 Å². The van der Waals surface area contributed by atoms with Crippen molar-refractivity contribution >= 4 is 50.9 Å². The number of hydrogen-bond acceptors (Lipinski definition) is 10. The number of rotatable bonds is 6. The third-order valence-corrected chi connectivity index (χ3v) is 6.45. The van der Waals surface area contributed by atoms with E-state index in [0.717, 1.165) is 34.0 Å².